The lowest BCUT2D eigenvalue weighted by Gasteiger charge is -2.29. The fourth-order valence-electron chi connectivity index (χ4n) is 3.01. The molecule has 0 aliphatic carbocycles. The highest BCUT2D eigenvalue weighted by Gasteiger charge is 2.24. The van der Waals surface area contributed by atoms with Gasteiger partial charge >= 0.3 is 0 Å². The summed E-state index contributed by atoms with van der Waals surface area (Å²) in [5.41, 5.74) is 4.37. The number of amides is 1. The van der Waals surface area contributed by atoms with Crippen LogP contribution in [0.4, 0.5) is 0 Å². The van der Waals surface area contributed by atoms with Crippen LogP contribution in [-0.2, 0) is 12.0 Å². The van der Waals surface area contributed by atoms with Gasteiger partial charge in [-0.2, -0.15) is 0 Å². The third-order valence-corrected chi connectivity index (χ3v) is 4.48. The summed E-state index contributed by atoms with van der Waals surface area (Å²) in [4.78, 5) is 12.4. The molecule has 0 saturated carbocycles. The summed E-state index contributed by atoms with van der Waals surface area (Å²) >= 11 is 0. The van der Waals surface area contributed by atoms with Crippen molar-refractivity contribution in [3.05, 3.63) is 64.7 Å². The van der Waals surface area contributed by atoms with Gasteiger partial charge < -0.3 is 15.7 Å². The summed E-state index contributed by atoms with van der Waals surface area (Å²) in [6, 6.07) is 12.8. The van der Waals surface area contributed by atoms with E-state index in [1.807, 2.05) is 0 Å². The van der Waals surface area contributed by atoms with E-state index >= 15 is 0 Å². The van der Waals surface area contributed by atoms with Gasteiger partial charge in [0, 0.05) is 18.7 Å². The summed E-state index contributed by atoms with van der Waals surface area (Å²) in [6.07, 6.45) is 0. The molecule has 1 heterocycles. The van der Waals surface area contributed by atoms with Gasteiger partial charge in [-0.1, -0.05) is 39.0 Å². The Labute approximate surface area is 142 Å². The van der Waals surface area contributed by atoms with Gasteiger partial charge in [0.15, 0.2) is 0 Å². The van der Waals surface area contributed by atoms with Crippen LogP contribution in [0.3, 0.4) is 0 Å². The standard InChI is InChI=1S/C20H24N2O2/c1-20(2,3)15-6-9-17-14(10-15)11-21-12-18(17)22-19(24)13-4-7-16(23)8-5-13/h4-10,18,21,23H,11-12H2,1-3H3,(H,22,24). The summed E-state index contributed by atoms with van der Waals surface area (Å²) in [5, 5.41) is 15.8. The van der Waals surface area contributed by atoms with Crippen LogP contribution < -0.4 is 10.6 Å². The number of carbonyl (C=O) groups excluding carboxylic acids is 1. The Morgan fingerprint density at radius 1 is 1.17 bits per heavy atom. The number of benzene rings is 2. The molecule has 0 radical (unpaired) electrons. The van der Waals surface area contributed by atoms with Crippen molar-refractivity contribution in [3.63, 3.8) is 0 Å². The molecule has 0 fully saturated rings. The predicted octanol–water partition coefficient (Wildman–Crippen LogP) is 3.26. The molecule has 2 aromatic rings. The van der Waals surface area contributed by atoms with E-state index in [2.05, 4.69) is 49.6 Å². The number of nitrogens with one attached hydrogen (secondary N) is 2. The molecule has 0 aromatic heterocycles. The van der Waals surface area contributed by atoms with E-state index in [1.165, 1.54) is 28.8 Å². The molecule has 126 valence electrons. The molecule has 0 saturated heterocycles. The number of hydrogen-bond acceptors (Lipinski definition) is 3. The Balaban J connectivity index is 1.82. The zero-order chi connectivity index (χ0) is 17.3. The largest absolute Gasteiger partial charge is 0.508 e. The molecule has 1 amide bonds. The number of phenols is 1. The van der Waals surface area contributed by atoms with Crippen molar-refractivity contribution >= 4 is 5.91 Å². The maximum atomic E-state index is 12.4. The van der Waals surface area contributed by atoms with Gasteiger partial charge in [0.2, 0.25) is 0 Å². The number of phenolic OH excluding ortho intramolecular Hbond substituents is 1. The quantitative estimate of drug-likeness (QED) is 0.794. The topological polar surface area (TPSA) is 61.4 Å². The van der Waals surface area contributed by atoms with E-state index in [4.69, 9.17) is 0 Å². The zero-order valence-electron chi connectivity index (χ0n) is 14.4. The minimum atomic E-state index is -0.130. The number of rotatable bonds is 2. The van der Waals surface area contributed by atoms with Crippen molar-refractivity contribution in [2.45, 2.75) is 38.8 Å². The minimum Gasteiger partial charge on any atom is -0.508 e. The minimum absolute atomic E-state index is 0.0518. The Morgan fingerprint density at radius 3 is 2.54 bits per heavy atom. The number of aromatic hydroxyl groups is 1. The van der Waals surface area contributed by atoms with E-state index in [9.17, 15) is 9.90 Å². The van der Waals surface area contributed by atoms with E-state index in [0.29, 0.717) is 12.1 Å². The molecule has 4 heteroatoms. The summed E-state index contributed by atoms with van der Waals surface area (Å²) in [6.45, 7) is 8.15. The number of fused-ring (bicyclic) bond motifs is 1. The molecule has 3 N–H and O–H groups in total. The lowest BCUT2D eigenvalue weighted by atomic mass is 9.83. The van der Waals surface area contributed by atoms with Crippen LogP contribution in [0.25, 0.3) is 0 Å². The van der Waals surface area contributed by atoms with Crippen molar-refractivity contribution in [2.24, 2.45) is 0 Å². The van der Waals surface area contributed by atoms with E-state index in [1.54, 1.807) is 12.1 Å². The molecular formula is C20H24N2O2. The highest BCUT2D eigenvalue weighted by Crippen LogP contribution is 2.29. The first-order valence-electron chi connectivity index (χ1n) is 8.28. The van der Waals surface area contributed by atoms with E-state index in [0.717, 1.165) is 6.54 Å². The van der Waals surface area contributed by atoms with Crippen LogP contribution in [0.2, 0.25) is 0 Å². The Bertz CT molecular complexity index is 745. The van der Waals surface area contributed by atoms with Crippen molar-refractivity contribution in [1.82, 2.24) is 10.6 Å². The van der Waals surface area contributed by atoms with Crippen LogP contribution in [-0.4, -0.2) is 17.6 Å². The predicted molar refractivity (Wildman–Crippen MR) is 95.2 cm³/mol. The molecule has 0 spiro atoms. The lowest BCUT2D eigenvalue weighted by Crippen LogP contribution is -2.39. The highest BCUT2D eigenvalue weighted by molar-refractivity contribution is 5.94. The molecule has 3 rings (SSSR count). The van der Waals surface area contributed by atoms with E-state index in [-0.39, 0.29) is 23.1 Å². The van der Waals surface area contributed by atoms with Crippen molar-refractivity contribution in [3.8, 4) is 5.75 Å². The van der Waals surface area contributed by atoms with Crippen LogP contribution in [0.1, 0.15) is 53.9 Å². The van der Waals surface area contributed by atoms with Crippen LogP contribution >= 0.6 is 0 Å². The third kappa shape index (κ3) is 3.44. The van der Waals surface area contributed by atoms with Crippen molar-refractivity contribution in [2.75, 3.05) is 6.54 Å². The number of hydrogen-bond donors (Lipinski definition) is 3. The summed E-state index contributed by atoms with van der Waals surface area (Å²) in [5.74, 6) is 0.0282. The average molecular weight is 324 g/mol. The van der Waals surface area contributed by atoms with Crippen LogP contribution in [0.5, 0.6) is 5.75 Å². The third-order valence-electron chi connectivity index (χ3n) is 4.48. The summed E-state index contributed by atoms with van der Waals surface area (Å²) in [7, 11) is 0. The van der Waals surface area contributed by atoms with Crippen LogP contribution in [0.15, 0.2) is 42.5 Å². The van der Waals surface area contributed by atoms with Crippen LogP contribution in [0, 0.1) is 0 Å². The molecule has 4 nitrogen and oxygen atoms in total. The maximum absolute atomic E-state index is 12.4. The van der Waals surface area contributed by atoms with Gasteiger partial charge in [-0.15, -0.1) is 0 Å². The van der Waals surface area contributed by atoms with Gasteiger partial charge in [0.1, 0.15) is 5.75 Å². The highest BCUT2D eigenvalue weighted by atomic mass is 16.3. The molecule has 2 aromatic carbocycles. The first-order chi connectivity index (χ1) is 11.3. The maximum Gasteiger partial charge on any atom is 0.251 e. The smallest absolute Gasteiger partial charge is 0.251 e. The average Bonchev–Trinajstić information content (AvgIpc) is 2.54. The Kier molecular flexibility index (Phi) is 4.33. The van der Waals surface area contributed by atoms with Gasteiger partial charge in [-0.3, -0.25) is 4.79 Å². The second-order valence-corrected chi connectivity index (χ2v) is 7.37. The fraction of sp³-hybridized carbons (Fsp3) is 0.350. The van der Waals surface area contributed by atoms with Gasteiger partial charge in [0.05, 0.1) is 6.04 Å². The zero-order valence-corrected chi connectivity index (χ0v) is 14.4. The molecule has 1 aliphatic rings. The Morgan fingerprint density at radius 2 is 1.88 bits per heavy atom. The molecule has 1 aliphatic heterocycles. The fourth-order valence-corrected chi connectivity index (χ4v) is 3.01. The molecule has 0 bridgehead atoms. The SMILES string of the molecule is CC(C)(C)c1ccc2c(c1)CNCC2NC(=O)c1ccc(O)cc1. The molecular weight excluding hydrogens is 300 g/mol. The van der Waals surface area contributed by atoms with Gasteiger partial charge in [-0.25, -0.2) is 0 Å². The normalized spacial score (nSPS) is 17.2. The first kappa shape index (κ1) is 16.5. The molecule has 1 atom stereocenters. The number of carbonyl (C=O) groups is 1. The second kappa shape index (κ2) is 6.29. The second-order valence-electron chi connectivity index (χ2n) is 7.37. The van der Waals surface area contributed by atoms with Crippen molar-refractivity contribution < 1.29 is 9.90 Å². The first-order valence-corrected chi connectivity index (χ1v) is 8.28. The summed E-state index contributed by atoms with van der Waals surface area (Å²) < 4.78 is 0. The molecule has 24 heavy (non-hydrogen) atoms. The van der Waals surface area contributed by atoms with Gasteiger partial charge in [0.25, 0.3) is 5.91 Å². The van der Waals surface area contributed by atoms with Gasteiger partial charge in [-0.05, 0) is 46.4 Å². The lowest BCUT2D eigenvalue weighted by molar-refractivity contribution is 0.0934. The monoisotopic (exact) mass is 324 g/mol. The van der Waals surface area contributed by atoms with E-state index < -0.39 is 0 Å². The Hall–Kier alpha value is -2.33. The van der Waals surface area contributed by atoms with Crippen molar-refractivity contribution in [1.29, 1.82) is 0 Å². The molecule has 1 unspecified atom stereocenters.